The molecule has 1 heterocycles. The minimum Gasteiger partial charge on any atom is -0.497 e. The first-order valence-electron chi connectivity index (χ1n) is 9.69. The summed E-state index contributed by atoms with van der Waals surface area (Å²) in [6.07, 6.45) is -1.41. The number of ether oxygens (including phenoxy) is 2. The van der Waals surface area contributed by atoms with Crippen molar-refractivity contribution in [2.24, 2.45) is 5.92 Å². The molecule has 28 heavy (non-hydrogen) atoms. The fourth-order valence-electron chi connectivity index (χ4n) is 4.30. The summed E-state index contributed by atoms with van der Waals surface area (Å²) in [5.74, 6) is -0.0311. The number of likely N-dealkylation sites (tertiary alicyclic amines) is 1. The fourth-order valence-corrected chi connectivity index (χ4v) is 4.30. The molecule has 3 rings (SSSR count). The fraction of sp³-hybridized carbons (Fsp3) is 0.650. The Morgan fingerprint density at radius 1 is 1.14 bits per heavy atom. The molecule has 3 unspecified atom stereocenters. The number of alkyl halides is 3. The second-order valence-electron chi connectivity index (χ2n) is 7.51. The first-order chi connectivity index (χ1) is 13.3. The van der Waals surface area contributed by atoms with Crippen LogP contribution in [0.15, 0.2) is 18.2 Å². The quantitative estimate of drug-likeness (QED) is 0.799. The standard InChI is InChI=1S/C20H27F3N2O3/c1-27-15-8-9-16(18(12-15)28-2)17-7-4-10-25(17)19(26)24-14-6-3-5-13(11-14)20(21,22)23/h8-9,12-14,17H,3-7,10-11H2,1-2H3,(H,24,26). The molecule has 3 atom stereocenters. The lowest BCUT2D eigenvalue weighted by atomic mass is 9.85. The smallest absolute Gasteiger partial charge is 0.391 e. The summed E-state index contributed by atoms with van der Waals surface area (Å²) in [6.45, 7) is 0.571. The third-order valence-electron chi connectivity index (χ3n) is 5.78. The highest BCUT2D eigenvalue weighted by molar-refractivity contribution is 5.75. The van der Waals surface area contributed by atoms with Crippen LogP contribution < -0.4 is 14.8 Å². The number of hydrogen-bond donors (Lipinski definition) is 1. The number of benzene rings is 1. The van der Waals surface area contributed by atoms with Crippen LogP contribution in [0.5, 0.6) is 11.5 Å². The van der Waals surface area contributed by atoms with Gasteiger partial charge in [-0.05, 0) is 44.2 Å². The summed E-state index contributed by atoms with van der Waals surface area (Å²) in [7, 11) is 3.14. The summed E-state index contributed by atoms with van der Waals surface area (Å²) in [5.41, 5.74) is 0.882. The predicted molar refractivity (Wildman–Crippen MR) is 98.6 cm³/mol. The lowest BCUT2D eigenvalue weighted by molar-refractivity contribution is -0.183. The second-order valence-corrected chi connectivity index (χ2v) is 7.51. The van der Waals surface area contributed by atoms with Gasteiger partial charge in [-0.25, -0.2) is 4.79 Å². The van der Waals surface area contributed by atoms with Crippen LogP contribution in [-0.4, -0.2) is 43.9 Å². The highest BCUT2D eigenvalue weighted by Gasteiger charge is 2.43. The molecule has 8 heteroatoms. The zero-order valence-corrected chi connectivity index (χ0v) is 16.2. The molecular formula is C20H27F3N2O3. The highest BCUT2D eigenvalue weighted by atomic mass is 19.4. The van der Waals surface area contributed by atoms with E-state index < -0.39 is 18.1 Å². The number of nitrogens with zero attached hydrogens (tertiary/aromatic N) is 1. The Kier molecular flexibility index (Phi) is 6.25. The molecule has 2 aliphatic rings. The Bertz CT molecular complexity index is 696. The monoisotopic (exact) mass is 400 g/mol. The first-order valence-corrected chi connectivity index (χ1v) is 9.69. The van der Waals surface area contributed by atoms with Gasteiger partial charge in [0.05, 0.1) is 26.2 Å². The molecule has 1 aromatic rings. The van der Waals surface area contributed by atoms with Crippen molar-refractivity contribution in [3.8, 4) is 11.5 Å². The Hall–Kier alpha value is -2.12. The Balaban J connectivity index is 1.70. The Morgan fingerprint density at radius 2 is 1.93 bits per heavy atom. The molecule has 0 spiro atoms. The van der Waals surface area contributed by atoms with Gasteiger partial charge in [-0.3, -0.25) is 0 Å². The number of carbonyl (C=O) groups excluding carboxylic acids is 1. The number of carbonyl (C=O) groups is 1. The third kappa shape index (κ3) is 4.47. The number of rotatable bonds is 4. The summed E-state index contributed by atoms with van der Waals surface area (Å²) in [6, 6.07) is 4.58. The predicted octanol–water partition coefficient (Wildman–Crippen LogP) is 4.67. The van der Waals surface area contributed by atoms with Crippen LogP contribution >= 0.6 is 0 Å². The molecule has 2 amide bonds. The van der Waals surface area contributed by atoms with Crippen LogP contribution in [-0.2, 0) is 0 Å². The van der Waals surface area contributed by atoms with E-state index in [-0.39, 0.29) is 24.9 Å². The van der Waals surface area contributed by atoms with Crippen molar-refractivity contribution in [2.45, 2.75) is 56.8 Å². The van der Waals surface area contributed by atoms with E-state index in [2.05, 4.69) is 5.32 Å². The summed E-state index contributed by atoms with van der Waals surface area (Å²) in [5, 5.41) is 2.84. The number of nitrogens with one attached hydrogen (secondary N) is 1. The molecule has 5 nitrogen and oxygen atoms in total. The van der Waals surface area contributed by atoms with E-state index in [0.717, 1.165) is 18.4 Å². The van der Waals surface area contributed by atoms with Gasteiger partial charge in [-0.1, -0.05) is 6.42 Å². The van der Waals surface area contributed by atoms with Crippen LogP contribution in [0.1, 0.15) is 50.1 Å². The molecule has 2 fully saturated rings. The van der Waals surface area contributed by atoms with Gasteiger partial charge in [-0.2, -0.15) is 13.2 Å². The van der Waals surface area contributed by atoms with Gasteiger partial charge < -0.3 is 19.7 Å². The third-order valence-corrected chi connectivity index (χ3v) is 5.78. The zero-order chi connectivity index (χ0) is 20.3. The van der Waals surface area contributed by atoms with E-state index in [0.29, 0.717) is 30.9 Å². The number of halogens is 3. The average molecular weight is 400 g/mol. The van der Waals surface area contributed by atoms with Gasteiger partial charge in [0.2, 0.25) is 0 Å². The van der Waals surface area contributed by atoms with E-state index in [1.54, 1.807) is 25.2 Å². The van der Waals surface area contributed by atoms with Crippen molar-refractivity contribution in [3.05, 3.63) is 23.8 Å². The van der Waals surface area contributed by atoms with Gasteiger partial charge in [0.25, 0.3) is 0 Å². The van der Waals surface area contributed by atoms with Gasteiger partial charge in [-0.15, -0.1) is 0 Å². The zero-order valence-electron chi connectivity index (χ0n) is 16.2. The molecule has 1 aliphatic heterocycles. The number of urea groups is 1. The summed E-state index contributed by atoms with van der Waals surface area (Å²) in [4.78, 5) is 14.6. The van der Waals surface area contributed by atoms with E-state index in [4.69, 9.17) is 9.47 Å². The van der Waals surface area contributed by atoms with E-state index >= 15 is 0 Å². The van der Waals surface area contributed by atoms with Gasteiger partial charge in [0, 0.05) is 24.2 Å². The molecule has 1 N–H and O–H groups in total. The minimum atomic E-state index is -4.20. The average Bonchev–Trinajstić information content (AvgIpc) is 3.16. The van der Waals surface area contributed by atoms with Crippen LogP contribution in [0.25, 0.3) is 0 Å². The molecular weight excluding hydrogens is 373 g/mol. The topological polar surface area (TPSA) is 50.8 Å². The van der Waals surface area contributed by atoms with Crippen molar-refractivity contribution >= 4 is 6.03 Å². The highest BCUT2D eigenvalue weighted by Crippen LogP contribution is 2.40. The van der Waals surface area contributed by atoms with Crippen LogP contribution in [0, 0.1) is 5.92 Å². The second kappa shape index (κ2) is 8.49. The Morgan fingerprint density at radius 3 is 2.61 bits per heavy atom. The molecule has 1 aliphatic carbocycles. The van der Waals surface area contributed by atoms with Crippen molar-refractivity contribution in [2.75, 3.05) is 20.8 Å². The van der Waals surface area contributed by atoms with E-state index in [1.165, 1.54) is 0 Å². The lowest BCUT2D eigenvalue weighted by Gasteiger charge is -2.33. The lowest BCUT2D eigenvalue weighted by Crippen LogP contribution is -2.47. The molecule has 1 aromatic carbocycles. The normalized spacial score (nSPS) is 25.5. The van der Waals surface area contributed by atoms with Crippen LogP contribution in [0.4, 0.5) is 18.0 Å². The SMILES string of the molecule is COc1ccc(C2CCCN2C(=O)NC2CCCC(C(F)(F)F)C2)c(OC)c1. The van der Waals surface area contributed by atoms with Gasteiger partial charge in [0.1, 0.15) is 11.5 Å². The van der Waals surface area contributed by atoms with Crippen molar-refractivity contribution in [1.82, 2.24) is 10.2 Å². The van der Waals surface area contributed by atoms with Crippen molar-refractivity contribution in [1.29, 1.82) is 0 Å². The summed E-state index contributed by atoms with van der Waals surface area (Å²) < 4.78 is 49.8. The minimum absolute atomic E-state index is 0.0421. The number of amides is 2. The van der Waals surface area contributed by atoms with Gasteiger partial charge >= 0.3 is 12.2 Å². The van der Waals surface area contributed by atoms with Crippen molar-refractivity contribution in [3.63, 3.8) is 0 Å². The molecule has 156 valence electrons. The largest absolute Gasteiger partial charge is 0.497 e. The summed E-state index contributed by atoms with van der Waals surface area (Å²) >= 11 is 0. The molecule has 0 radical (unpaired) electrons. The maximum Gasteiger partial charge on any atom is 0.391 e. The Labute approximate surface area is 163 Å². The maximum atomic E-state index is 13.0. The molecule has 1 saturated heterocycles. The number of hydrogen-bond acceptors (Lipinski definition) is 3. The van der Waals surface area contributed by atoms with Crippen LogP contribution in [0.3, 0.4) is 0 Å². The first kappa shape index (κ1) is 20.6. The van der Waals surface area contributed by atoms with E-state index in [1.807, 2.05) is 12.1 Å². The van der Waals surface area contributed by atoms with E-state index in [9.17, 15) is 18.0 Å². The molecule has 0 bridgehead atoms. The van der Waals surface area contributed by atoms with Crippen molar-refractivity contribution < 1.29 is 27.4 Å². The number of methoxy groups -OCH3 is 2. The maximum absolute atomic E-state index is 13.0. The molecule has 1 saturated carbocycles. The molecule has 0 aromatic heterocycles. The van der Waals surface area contributed by atoms with Crippen LogP contribution in [0.2, 0.25) is 0 Å². The van der Waals surface area contributed by atoms with Gasteiger partial charge in [0.15, 0.2) is 0 Å².